The Hall–Kier alpha value is -3.27. The molecule has 4 rings (SSSR count). The highest BCUT2D eigenvalue weighted by molar-refractivity contribution is 5.82. The van der Waals surface area contributed by atoms with Crippen molar-refractivity contribution in [3.63, 3.8) is 0 Å². The lowest BCUT2D eigenvalue weighted by Gasteiger charge is -2.19. The minimum Gasteiger partial charge on any atom is -0.494 e. The number of unbranched alkanes of at least 4 members (excludes halogenated alkanes) is 1. The van der Waals surface area contributed by atoms with Crippen LogP contribution in [0.15, 0.2) is 66.7 Å². The number of ether oxygens (including phenoxy) is 1. The Balaban J connectivity index is 1.61. The van der Waals surface area contributed by atoms with Crippen molar-refractivity contribution < 1.29 is 4.74 Å². The van der Waals surface area contributed by atoms with E-state index >= 15 is 0 Å². The minimum atomic E-state index is 0.157. The second-order valence-corrected chi connectivity index (χ2v) is 9.76. The summed E-state index contributed by atoms with van der Waals surface area (Å²) < 4.78 is 8.05. The van der Waals surface area contributed by atoms with Gasteiger partial charge in [0.05, 0.1) is 17.6 Å². The van der Waals surface area contributed by atoms with E-state index in [1.54, 1.807) is 0 Å². The highest BCUT2D eigenvalue weighted by Crippen LogP contribution is 2.28. The second-order valence-electron chi connectivity index (χ2n) is 9.76. The fraction of sp³-hybridized carbons (Fsp3) is 0.345. The summed E-state index contributed by atoms with van der Waals surface area (Å²) in [4.78, 5) is 4.91. The van der Waals surface area contributed by atoms with Crippen molar-refractivity contribution >= 4 is 17.0 Å². The van der Waals surface area contributed by atoms with E-state index in [1.165, 1.54) is 16.7 Å². The van der Waals surface area contributed by atoms with Gasteiger partial charge in [0.2, 0.25) is 5.95 Å². The molecule has 33 heavy (non-hydrogen) atoms. The molecule has 0 radical (unpaired) electrons. The number of fused-ring (bicyclic) bond motifs is 1. The van der Waals surface area contributed by atoms with Crippen molar-refractivity contribution in [3.05, 3.63) is 83.4 Å². The fourth-order valence-electron chi connectivity index (χ4n) is 3.89. The average Bonchev–Trinajstić information content (AvgIpc) is 3.15. The second kappa shape index (κ2) is 9.70. The van der Waals surface area contributed by atoms with Gasteiger partial charge in [-0.15, -0.1) is 0 Å². The van der Waals surface area contributed by atoms with Crippen LogP contribution < -0.4 is 10.1 Å². The monoisotopic (exact) mass is 441 g/mol. The Morgan fingerprint density at radius 1 is 0.939 bits per heavy atom. The molecular weight excluding hydrogens is 406 g/mol. The van der Waals surface area contributed by atoms with Gasteiger partial charge >= 0.3 is 0 Å². The summed E-state index contributed by atoms with van der Waals surface area (Å²) in [7, 11) is 0. The molecular formula is C29H35N3O. The van der Waals surface area contributed by atoms with E-state index in [-0.39, 0.29) is 5.41 Å². The smallest absolute Gasteiger partial charge is 0.208 e. The van der Waals surface area contributed by atoms with E-state index in [2.05, 4.69) is 99.1 Å². The van der Waals surface area contributed by atoms with Gasteiger partial charge in [-0.1, -0.05) is 64.4 Å². The van der Waals surface area contributed by atoms with Gasteiger partial charge in [-0.25, -0.2) is 4.98 Å². The summed E-state index contributed by atoms with van der Waals surface area (Å²) in [6.07, 6.45) is 2.20. The average molecular weight is 442 g/mol. The number of hydrogen-bond donors (Lipinski definition) is 1. The molecule has 4 heteroatoms. The van der Waals surface area contributed by atoms with Crippen molar-refractivity contribution in [2.75, 3.05) is 11.9 Å². The van der Waals surface area contributed by atoms with Crippen LogP contribution in [0, 0.1) is 6.92 Å². The van der Waals surface area contributed by atoms with Crippen LogP contribution in [0.5, 0.6) is 5.75 Å². The normalized spacial score (nSPS) is 11.7. The number of nitrogens with one attached hydrogen (secondary N) is 1. The van der Waals surface area contributed by atoms with E-state index in [0.717, 1.165) is 47.9 Å². The first-order valence-corrected chi connectivity index (χ1v) is 11.9. The Labute approximate surface area is 197 Å². The van der Waals surface area contributed by atoms with Gasteiger partial charge in [0.15, 0.2) is 0 Å². The van der Waals surface area contributed by atoms with E-state index in [1.807, 2.05) is 12.1 Å². The molecule has 4 aromatic rings. The number of rotatable bonds is 8. The maximum absolute atomic E-state index is 5.85. The zero-order chi connectivity index (χ0) is 23.4. The summed E-state index contributed by atoms with van der Waals surface area (Å²) in [5.41, 5.74) is 7.09. The number of imidazole rings is 1. The minimum absolute atomic E-state index is 0.157. The van der Waals surface area contributed by atoms with Crippen molar-refractivity contribution in [2.45, 2.75) is 59.4 Å². The van der Waals surface area contributed by atoms with E-state index < -0.39 is 0 Å². The summed E-state index contributed by atoms with van der Waals surface area (Å²) in [6, 6.07) is 23.5. The first kappa shape index (κ1) is 22.9. The lowest BCUT2D eigenvalue weighted by atomic mass is 9.87. The third kappa shape index (κ3) is 5.39. The van der Waals surface area contributed by atoms with Crippen LogP contribution in [-0.2, 0) is 12.0 Å². The van der Waals surface area contributed by atoms with Gasteiger partial charge < -0.3 is 10.1 Å². The van der Waals surface area contributed by atoms with Crippen LogP contribution in [0.25, 0.3) is 16.7 Å². The third-order valence-corrected chi connectivity index (χ3v) is 5.94. The molecule has 0 spiro atoms. The first-order valence-electron chi connectivity index (χ1n) is 11.9. The van der Waals surface area contributed by atoms with Crippen LogP contribution in [0.4, 0.5) is 5.95 Å². The van der Waals surface area contributed by atoms with Crippen LogP contribution >= 0.6 is 0 Å². The van der Waals surface area contributed by atoms with E-state index in [4.69, 9.17) is 9.72 Å². The third-order valence-electron chi connectivity index (χ3n) is 5.94. The largest absolute Gasteiger partial charge is 0.494 e. The SMILES string of the molecule is CCCCOc1ccc(-n2c(NCc3ccc(C(C)(C)C)cc3)nc3ccc(C)cc32)cc1. The number of nitrogens with zero attached hydrogens (tertiary/aromatic N) is 2. The van der Waals surface area contributed by atoms with Crippen molar-refractivity contribution in [1.29, 1.82) is 0 Å². The quantitative estimate of drug-likeness (QED) is 0.289. The zero-order valence-electron chi connectivity index (χ0n) is 20.5. The van der Waals surface area contributed by atoms with Gasteiger partial charge in [-0.2, -0.15) is 0 Å². The lowest BCUT2D eigenvalue weighted by Crippen LogP contribution is -2.11. The molecule has 0 aliphatic carbocycles. The van der Waals surface area contributed by atoms with Crippen molar-refractivity contribution in [2.24, 2.45) is 0 Å². The maximum Gasteiger partial charge on any atom is 0.208 e. The Bertz CT molecular complexity index is 1200. The first-order chi connectivity index (χ1) is 15.8. The number of aryl methyl sites for hydroxylation is 1. The van der Waals surface area contributed by atoms with Gasteiger partial charge in [0, 0.05) is 12.2 Å². The van der Waals surface area contributed by atoms with Crippen molar-refractivity contribution in [3.8, 4) is 11.4 Å². The molecule has 0 bridgehead atoms. The Kier molecular flexibility index (Phi) is 6.73. The molecule has 0 atom stereocenters. The summed E-state index contributed by atoms with van der Waals surface area (Å²) >= 11 is 0. The van der Waals surface area contributed by atoms with Gasteiger partial charge in [0.1, 0.15) is 5.75 Å². The number of aromatic nitrogens is 2. The van der Waals surface area contributed by atoms with Crippen LogP contribution in [-0.4, -0.2) is 16.2 Å². The summed E-state index contributed by atoms with van der Waals surface area (Å²) in [5, 5.41) is 3.57. The molecule has 172 valence electrons. The summed E-state index contributed by atoms with van der Waals surface area (Å²) in [5.74, 6) is 1.75. The Morgan fingerprint density at radius 3 is 2.33 bits per heavy atom. The van der Waals surface area contributed by atoms with E-state index in [0.29, 0.717) is 6.54 Å². The highest BCUT2D eigenvalue weighted by Gasteiger charge is 2.15. The number of anilines is 1. The van der Waals surface area contributed by atoms with Gasteiger partial charge in [0.25, 0.3) is 0 Å². The molecule has 0 aliphatic rings. The van der Waals surface area contributed by atoms with Crippen molar-refractivity contribution in [1.82, 2.24) is 9.55 Å². The molecule has 3 aromatic carbocycles. The predicted molar refractivity (Wildman–Crippen MR) is 139 cm³/mol. The highest BCUT2D eigenvalue weighted by atomic mass is 16.5. The van der Waals surface area contributed by atoms with Gasteiger partial charge in [-0.05, 0) is 71.8 Å². The van der Waals surface area contributed by atoms with Gasteiger partial charge in [-0.3, -0.25) is 4.57 Å². The molecule has 4 nitrogen and oxygen atoms in total. The molecule has 1 N–H and O–H groups in total. The predicted octanol–water partition coefficient (Wildman–Crippen LogP) is 7.42. The topological polar surface area (TPSA) is 39.1 Å². The molecule has 1 heterocycles. The van der Waals surface area contributed by atoms with E-state index in [9.17, 15) is 0 Å². The lowest BCUT2D eigenvalue weighted by molar-refractivity contribution is 0.309. The maximum atomic E-state index is 5.85. The molecule has 1 aromatic heterocycles. The van der Waals surface area contributed by atoms with Crippen LogP contribution in [0.1, 0.15) is 57.2 Å². The Morgan fingerprint density at radius 2 is 1.67 bits per heavy atom. The molecule has 0 saturated heterocycles. The van der Waals surface area contributed by atoms with Crippen LogP contribution in [0.3, 0.4) is 0 Å². The molecule has 0 unspecified atom stereocenters. The zero-order valence-corrected chi connectivity index (χ0v) is 20.5. The summed E-state index contributed by atoms with van der Waals surface area (Å²) in [6.45, 7) is 12.5. The molecule has 0 fully saturated rings. The standard InChI is InChI=1S/C29H35N3O/c1-6-7-18-33-25-15-13-24(14-16-25)32-27-19-21(2)8-17-26(27)31-28(32)30-20-22-9-11-23(12-10-22)29(3,4)5/h8-17,19H,6-7,18,20H2,1-5H3,(H,30,31). The number of hydrogen-bond acceptors (Lipinski definition) is 3. The number of benzene rings is 3. The fourth-order valence-corrected chi connectivity index (χ4v) is 3.89. The molecule has 0 saturated carbocycles. The molecule has 0 aliphatic heterocycles. The van der Waals surface area contributed by atoms with Crippen LogP contribution in [0.2, 0.25) is 0 Å². The molecule has 0 amide bonds.